The molecule has 1 heterocycles. The van der Waals surface area contributed by atoms with Gasteiger partial charge in [-0.25, -0.2) is 8.93 Å². The van der Waals surface area contributed by atoms with E-state index >= 15 is 0 Å². The van der Waals surface area contributed by atoms with Crippen LogP contribution in [0.1, 0.15) is 64.3 Å². The summed E-state index contributed by atoms with van der Waals surface area (Å²) in [5.74, 6) is 1.82. The minimum atomic E-state index is -1.20. The molecule has 4 aromatic rings. The van der Waals surface area contributed by atoms with Crippen LogP contribution in [-0.2, 0) is 16.4 Å². The van der Waals surface area contributed by atoms with Gasteiger partial charge in [0.2, 0.25) is 0 Å². The molecule has 0 saturated heterocycles. The maximum Gasteiger partial charge on any atom is 0.139 e. The first-order valence-corrected chi connectivity index (χ1v) is 15.6. The molecule has 0 saturated carbocycles. The lowest BCUT2D eigenvalue weighted by Gasteiger charge is -2.38. The summed E-state index contributed by atoms with van der Waals surface area (Å²) < 4.78 is 22.9. The monoisotopic (exact) mass is 541 g/mol. The molecular formula is C33H36NO2PS. The summed E-state index contributed by atoms with van der Waals surface area (Å²) >= 11 is 0. The molecule has 3 nitrogen and oxygen atoms in total. The SMILES string of the molecule is CC(N[S@](=O)C(C)(C)C)c1cccc2c1Oc1c(P(c3ccccc3)c3ccccc3)cccc1C2(C)C. The number of benzene rings is 4. The highest BCUT2D eigenvalue weighted by molar-refractivity contribution is 7.84. The molecule has 0 aliphatic carbocycles. The zero-order valence-corrected chi connectivity index (χ0v) is 24.7. The van der Waals surface area contributed by atoms with Crippen LogP contribution in [-0.4, -0.2) is 8.96 Å². The molecule has 1 N–H and O–H groups in total. The van der Waals surface area contributed by atoms with E-state index in [2.05, 4.69) is 123 Å². The van der Waals surface area contributed by atoms with E-state index in [1.54, 1.807) is 0 Å². The third-order valence-electron chi connectivity index (χ3n) is 7.17. The predicted molar refractivity (Wildman–Crippen MR) is 163 cm³/mol. The molecule has 5 heteroatoms. The lowest BCUT2D eigenvalue weighted by atomic mass is 9.75. The van der Waals surface area contributed by atoms with Crippen LogP contribution in [0, 0.1) is 0 Å². The average molecular weight is 542 g/mol. The average Bonchev–Trinajstić information content (AvgIpc) is 2.90. The highest BCUT2D eigenvalue weighted by atomic mass is 32.2. The lowest BCUT2D eigenvalue weighted by molar-refractivity contribution is 0.412. The third-order valence-corrected chi connectivity index (χ3v) is 11.3. The third kappa shape index (κ3) is 4.98. The van der Waals surface area contributed by atoms with Crippen molar-refractivity contribution in [3.8, 4) is 11.5 Å². The summed E-state index contributed by atoms with van der Waals surface area (Å²) in [6, 6.07) is 34.3. The van der Waals surface area contributed by atoms with Crippen LogP contribution in [0.2, 0.25) is 0 Å². The van der Waals surface area contributed by atoms with Crippen molar-refractivity contribution in [2.24, 2.45) is 0 Å². The van der Waals surface area contributed by atoms with Crippen LogP contribution < -0.4 is 25.4 Å². The number of ether oxygens (including phenoxy) is 1. The van der Waals surface area contributed by atoms with E-state index in [1.165, 1.54) is 21.5 Å². The number of nitrogens with one attached hydrogen (secondary N) is 1. The van der Waals surface area contributed by atoms with Crippen LogP contribution in [0.4, 0.5) is 0 Å². The Bertz CT molecular complexity index is 1420. The fraction of sp³-hybridized carbons (Fsp3) is 0.273. The van der Waals surface area contributed by atoms with Crippen LogP contribution in [0.3, 0.4) is 0 Å². The minimum absolute atomic E-state index is 0.140. The Kier molecular flexibility index (Phi) is 7.35. The van der Waals surface area contributed by atoms with Crippen molar-refractivity contribution in [3.63, 3.8) is 0 Å². The molecule has 1 aliphatic rings. The number of hydrogen-bond donors (Lipinski definition) is 1. The van der Waals surface area contributed by atoms with Crippen LogP contribution in [0.15, 0.2) is 97.1 Å². The fourth-order valence-corrected chi connectivity index (χ4v) is 8.23. The van der Waals surface area contributed by atoms with Crippen molar-refractivity contribution in [3.05, 3.63) is 114 Å². The first kappa shape index (κ1) is 26.8. The molecule has 4 aromatic carbocycles. The first-order valence-electron chi connectivity index (χ1n) is 13.1. The zero-order chi connectivity index (χ0) is 27.1. The Morgan fingerprint density at radius 1 is 0.763 bits per heavy atom. The molecule has 196 valence electrons. The standard InChI is InChI=1S/C33H36NO2PS/c1-23(34-38(35)32(2,3)4)26-19-13-20-27-30(26)36-31-28(33(27,5)6)21-14-22-29(31)37(24-15-9-7-10-16-24)25-17-11-8-12-18-25/h7-23,34H,1-6H3/t23?,38-/m1/s1. The molecular weight excluding hydrogens is 505 g/mol. The van der Waals surface area contributed by atoms with Crippen molar-refractivity contribution in [2.45, 2.75) is 57.7 Å². The van der Waals surface area contributed by atoms with E-state index in [-0.39, 0.29) is 16.2 Å². The summed E-state index contributed by atoms with van der Waals surface area (Å²) in [7, 11) is -2.03. The van der Waals surface area contributed by atoms with Crippen molar-refractivity contribution in [1.29, 1.82) is 0 Å². The lowest BCUT2D eigenvalue weighted by Crippen LogP contribution is -2.35. The van der Waals surface area contributed by atoms with Gasteiger partial charge in [0.25, 0.3) is 0 Å². The summed E-state index contributed by atoms with van der Waals surface area (Å²) in [6.07, 6.45) is 0. The molecule has 0 amide bonds. The van der Waals surface area contributed by atoms with Gasteiger partial charge in [-0.2, -0.15) is 0 Å². The summed E-state index contributed by atoms with van der Waals surface area (Å²) in [6.45, 7) is 12.6. The van der Waals surface area contributed by atoms with E-state index in [0.717, 1.165) is 22.6 Å². The van der Waals surface area contributed by atoms with Crippen LogP contribution in [0.5, 0.6) is 11.5 Å². The van der Waals surface area contributed by atoms with E-state index in [9.17, 15) is 4.21 Å². The van der Waals surface area contributed by atoms with E-state index in [4.69, 9.17) is 4.74 Å². The quantitative estimate of drug-likeness (QED) is 0.267. The summed E-state index contributed by atoms with van der Waals surface area (Å²) in [4.78, 5) is 0. The second-order valence-corrected chi connectivity index (χ2v) is 15.5. The Hall–Kier alpha value is -2.78. The van der Waals surface area contributed by atoms with Crippen molar-refractivity contribution in [1.82, 2.24) is 4.72 Å². The van der Waals surface area contributed by atoms with Gasteiger partial charge < -0.3 is 4.74 Å². The van der Waals surface area contributed by atoms with Crippen LogP contribution >= 0.6 is 7.92 Å². The van der Waals surface area contributed by atoms with Gasteiger partial charge in [-0.05, 0) is 46.2 Å². The van der Waals surface area contributed by atoms with Gasteiger partial charge >= 0.3 is 0 Å². The molecule has 0 fully saturated rings. The highest BCUT2D eigenvalue weighted by Gasteiger charge is 2.38. The second-order valence-electron chi connectivity index (χ2n) is 11.3. The summed E-state index contributed by atoms with van der Waals surface area (Å²) in [5.41, 5.74) is 3.11. The van der Waals surface area contributed by atoms with Crippen molar-refractivity contribution in [2.75, 3.05) is 0 Å². The Balaban J connectivity index is 1.66. The molecule has 0 aromatic heterocycles. The van der Waals surface area contributed by atoms with Gasteiger partial charge in [-0.15, -0.1) is 0 Å². The highest BCUT2D eigenvalue weighted by Crippen LogP contribution is 2.52. The fourth-order valence-electron chi connectivity index (χ4n) is 5.03. The maximum absolute atomic E-state index is 13.0. The van der Waals surface area contributed by atoms with Gasteiger partial charge in [-0.1, -0.05) is 111 Å². The minimum Gasteiger partial charge on any atom is -0.456 e. The van der Waals surface area contributed by atoms with Gasteiger partial charge in [0, 0.05) is 33.5 Å². The van der Waals surface area contributed by atoms with Gasteiger partial charge in [-0.3, -0.25) is 0 Å². The summed E-state index contributed by atoms with van der Waals surface area (Å²) in [5, 5.41) is 3.79. The molecule has 5 rings (SSSR count). The topological polar surface area (TPSA) is 38.3 Å². The largest absolute Gasteiger partial charge is 0.456 e. The molecule has 1 unspecified atom stereocenters. The molecule has 2 atom stereocenters. The smallest absolute Gasteiger partial charge is 0.139 e. The van der Waals surface area contributed by atoms with Gasteiger partial charge in [0.15, 0.2) is 0 Å². The van der Waals surface area contributed by atoms with E-state index < -0.39 is 18.9 Å². The Labute approximate surface area is 231 Å². The number of rotatable bonds is 6. The number of para-hydroxylation sites is 2. The first-order chi connectivity index (χ1) is 18.1. The second kappa shape index (κ2) is 10.4. The Morgan fingerprint density at radius 2 is 1.29 bits per heavy atom. The van der Waals surface area contributed by atoms with Gasteiger partial charge in [0.1, 0.15) is 11.5 Å². The predicted octanol–water partition coefficient (Wildman–Crippen LogP) is 6.99. The normalized spacial score (nSPS) is 15.8. The molecule has 0 radical (unpaired) electrons. The van der Waals surface area contributed by atoms with Crippen molar-refractivity contribution < 1.29 is 8.95 Å². The molecule has 38 heavy (non-hydrogen) atoms. The molecule has 1 aliphatic heterocycles. The van der Waals surface area contributed by atoms with E-state index in [1.807, 2.05) is 20.8 Å². The number of fused-ring (bicyclic) bond motifs is 2. The Morgan fingerprint density at radius 3 is 1.84 bits per heavy atom. The van der Waals surface area contributed by atoms with Crippen molar-refractivity contribution >= 4 is 34.8 Å². The molecule has 0 spiro atoms. The maximum atomic E-state index is 13.0. The zero-order valence-electron chi connectivity index (χ0n) is 23.0. The number of hydrogen-bond acceptors (Lipinski definition) is 2. The van der Waals surface area contributed by atoms with E-state index in [0.29, 0.717) is 0 Å². The molecule has 0 bridgehead atoms. The van der Waals surface area contributed by atoms with Gasteiger partial charge in [0.05, 0.1) is 15.7 Å². The van der Waals surface area contributed by atoms with Crippen LogP contribution in [0.25, 0.3) is 0 Å².